The predicted octanol–water partition coefficient (Wildman–Crippen LogP) is 0.750. The first-order valence-electron chi connectivity index (χ1n) is 7.15. The molecule has 2 saturated heterocycles. The van der Waals surface area contributed by atoms with E-state index in [0.717, 1.165) is 4.90 Å². The third-order valence-corrected chi connectivity index (χ3v) is 4.46. The Balaban J connectivity index is 1.89. The van der Waals surface area contributed by atoms with Gasteiger partial charge in [0.05, 0.1) is 12.0 Å². The van der Waals surface area contributed by atoms with Crippen molar-refractivity contribution in [2.24, 2.45) is 12.5 Å². The fourth-order valence-corrected chi connectivity index (χ4v) is 3.45. The number of hydrogen-bond donors (Lipinski definition) is 0. The minimum Gasteiger partial charge on any atom is -0.345 e. The summed E-state index contributed by atoms with van der Waals surface area (Å²) in [7, 11) is 3.26. The molecule has 0 bridgehead atoms. The molecule has 1 aromatic rings. The maximum absolute atomic E-state index is 14.1. The quantitative estimate of drug-likeness (QED) is 0.769. The third-order valence-electron chi connectivity index (χ3n) is 4.46. The lowest BCUT2D eigenvalue weighted by Crippen LogP contribution is -2.57. The van der Waals surface area contributed by atoms with Gasteiger partial charge in [0.2, 0.25) is 5.91 Å². The number of carbonyl (C=O) groups is 2. The average Bonchev–Trinajstić information content (AvgIpc) is 2.97. The standard InChI is InChI=1S/C14H18F2N4O2/c1-18-6-4-13(12(18)22)7-14(15,16)9-20(8-13)11(21)10-3-5-19(2)17-10/h3,5H,4,6-9H2,1-2H3/t13-/m1/s1. The van der Waals surface area contributed by atoms with Crippen molar-refractivity contribution in [3.05, 3.63) is 18.0 Å². The van der Waals surface area contributed by atoms with Gasteiger partial charge < -0.3 is 9.80 Å². The number of nitrogens with zero attached hydrogens (tertiary/aromatic N) is 4. The van der Waals surface area contributed by atoms with E-state index in [4.69, 9.17) is 0 Å². The summed E-state index contributed by atoms with van der Waals surface area (Å²) in [4.78, 5) is 27.3. The Morgan fingerprint density at radius 1 is 1.32 bits per heavy atom. The van der Waals surface area contributed by atoms with E-state index in [2.05, 4.69) is 5.10 Å². The zero-order valence-corrected chi connectivity index (χ0v) is 12.6. The second kappa shape index (κ2) is 4.76. The van der Waals surface area contributed by atoms with E-state index < -0.39 is 30.2 Å². The predicted molar refractivity (Wildman–Crippen MR) is 73.4 cm³/mol. The Hall–Kier alpha value is -1.99. The number of aryl methyl sites for hydroxylation is 1. The van der Waals surface area contributed by atoms with Gasteiger partial charge in [-0.2, -0.15) is 5.10 Å². The van der Waals surface area contributed by atoms with Crippen LogP contribution in [-0.2, 0) is 11.8 Å². The Morgan fingerprint density at radius 2 is 2.05 bits per heavy atom. The molecule has 1 atom stereocenters. The lowest BCUT2D eigenvalue weighted by Gasteiger charge is -2.42. The van der Waals surface area contributed by atoms with Gasteiger partial charge in [-0.25, -0.2) is 8.78 Å². The van der Waals surface area contributed by atoms with E-state index in [-0.39, 0.29) is 18.1 Å². The van der Waals surface area contributed by atoms with E-state index >= 15 is 0 Å². The number of likely N-dealkylation sites (tertiary alicyclic amines) is 2. The van der Waals surface area contributed by atoms with Gasteiger partial charge in [-0.1, -0.05) is 0 Å². The molecule has 2 fully saturated rings. The Morgan fingerprint density at radius 3 is 2.59 bits per heavy atom. The maximum atomic E-state index is 14.1. The largest absolute Gasteiger partial charge is 0.345 e. The van der Waals surface area contributed by atoms with Crippen LogP contribution in [0.1, 0.15) is 23.3 Å². The molecule has 22 heavy (non-hydrogen) atoms. The summed E-state index contributed by atoms with van der Waals surface area (Å²) in [6.07, 6.45) is 1.44. The van der Waals surface area contributed by atoms with Crippen molar-refractivity contribution in [1.82, 2.24) is 19.6 Å². The van der Waals surface area contributed by atoms with Gasteiger partial charge >= 0.3 is 0 Å². The van der Waals surface area contributed by atoms with Crippen LogP contribution in [0, 0.1) is 5.41 Å². The number of piperidine rings is 1. The van der Waals surface area contributed by atoms with Gasteiger partial charge in [0.25, 0.3) is 11.8 Å². The summed E-state index contributed by atoms with van der Waals surface area (Å²) < 4.78 is 29.7. The van der Waals surface area contributed by atoms with Crippen LogP contribution in [0.15, 0.2) is 12.3 Å². The number of rotatable bonds is 1. The maximum Gasteiger partial charge on any atom is 0.274 e. The van der Waals surface area contributed by atoms with Crippen LogP contribution in [0.5, 0.6) is 0 Å². The molecular formula is C14H18F2N4O2. The molecule has 0 saturated carbocycles. The first kappa shape index (κ1) is 14.9. The number of carbonyl (C=O) groups excluding carboxylic acids is 2. The number of halogens is 2. The minimum atomic E-state index is -3.07. The van der Waals surface area contributed by atoms with E-state index in [1.807, 2.05) is 0 Å². The lowest BCUT2D eigenvalue weighted by molar-refractivity contribution is -0.150. The van der Waals surface area contributed by atoms with Crippen LogP contribution < -0.4 is 0 Å². The molecule has 0 aliphatic carbocycles. The van der Waals surface area contributed by atoms with Crippen LogP contribution in [-0.4, -0.2) is 64.0 Å². The minimum absolute atomic E-state index is 0.0289. The summed E-state index contributed by atoms with van der Waals surface area (Å²) in [5.74, 6) is -3.92. The molecule has 0 N–H and O–H groups in total. The van der Waals surface area contributed by atoms with Crippen LogP contribution in [0.2, 0.25) is 0 Å². The van der Waals surface area contributed by atoms with E-state index in [0.29, 0.717) is 13.0 Å². The van der Waals surface area contributed by atoms with E-state index in [1.165, 1.54) is 15.6 Å². The molecule has 0 aromatic carbocycles. The van der Waals surface area contributed by atoms with Crippen molar-refractivity contribution in [2.75, 3.05) is 26.7 Å². The third kappa shape index (κ3) is 2.36. The molecule has 1 spiro atoms. The van der Waals surface area contributed by atoms with Gasteiger partial charge in [0.15, 0.2) is 0 Å². The van der Waals surface area contributed by atoms with Crippen molar-refractivity contribution >= 4 is 11.8 Å². The molecule has 0 unspecified atom stereocenters. The molecule has 8 heteroatoms. The average molecular weight is 312 g/mol. The highest BCUT2D eigenvalue weighted by molar-refractivity contribution is 5.93. The molecule has 2 aliphatic rings. The van der Waals surface area contributed by atoms with Crippen molar-refractivity contribution in [2.45, 2.75) is 18.8 Å². The lowest BCUT2D eigenvalue weighted by atomic mass is 9.77. The first-order valence-corrected chi connectivity index (χ1v) is 7.15. The molecule has 3 rings (SSSR count). The first-order chi connectivity index (χ1) is 10.2. The zero-order chi connectivity index (χ0) is 16.1. The van der Waals surface area contributed by atoms with Gasteiger partial charge in [0.1, 0.15) is 5.69 Å². The molecule has 2 aliphatic heterocycles. The second-order valence-corrected chi connectivity index (χ2v) is 6.33. The molecule has 120 valence electrons. The van der Waals surface area contributed by atoms with Gasteiger partial charge in [-0.05, 0) is 12.5 Å². The SMILES string of the molecule is CN1CC[C@@]2(CN(C(=O)c3ccn(C)n3)CC(F)(F)C2)C1=O. The topological polar surface area (TPSA) is 58.4 Å². The summed E-state index contributed by atoms with van der Waals surface area (Å²) in [6, 6.07) is 1.49. The zero-order valence-electron chi connectivity index (χ0n) is 12.6. The van der Waals surface area contributed by atoms with Gasteiger partial charge in [-0.15, -0.1) is 0 Å². The molecule has 3 heterocycles. The van der Waals surface area contributed by atoms with Crippen molar-refractivity contribution in [3.8, 4) is 0 Å². The second-order valence-electron chi connectivity index (χ2n) is 6.33. The monoisotopic (exact) mass is 312 g/mol. The molecule has 1 aromatic heterocycles. The van der Waals surface area contributed by atoms with Crippen molar-refractivity contribution in [3.63, 3.8) is 0 Å². The number of aromatic nitrogens is 2. The normalized spacial score (nSPS) is 27.7. The van der Waals surface area contributed by atoms with Crippen molar-refractivity contribution < 1.29 is 18.4 Å². The smallest absolute Gasteiger partial charge is 0.274 e. The summed E-state index contributed by atoms with van der Waals surface area (Å²) in [5.41, 5.74) is -1.05. The fourth-order valence-electron chi connectivity index (χ4n) is 3.45. The summed E-state index contributed by atoms with van der Waals surface area (Å²) in [6.45, 7) is -0.192. The summed E-state index contributed by atoms with van der Waals surface area (Å²) >= 11 is 0. The van der Waals surface area contributed by atoms with Gasteiger partial charge in [0, 0.05) is 39.8 Å². The molecular weight excluding hydrogens is 294 g/mol. The van der Waals surface area contributed by atoms with Gasteiger partial charge in [-0.3, -0.25) is 14.3 Å². The molecule has 2 amide bonds. The van der Waals surface area contributed by atoms with E-state index in [1.54, 1.807) is 20.3 Å². The Kier molecular flexibility index (Phi) is 3.23. The Labute approximate surface area is 126 Å². The van der Waals surface area contributed by atoms with E-state index in [9.17, 15) is 18.4 Å². The van der Waals surface area contributed by atoms with Crippen LogP contribution in [0.25, 0.3) is 0 Å². The van der Waals surface area contributed by atoms with Crippen LogP contribution in [0.4, 0.5) is 8.78 Å². The molecule has 6 nitrogen and oxygen atoms in total. The van der Waals surface area contributed by atoms with Crippen LogP contribution in [0.3, 0.4) is 0 Å². The molecule has 0 radical (unpaired) electrons. The number of hydrogen-bond acceptors (Lipinski definition) is 3. The van der Waals surface area contributed by atoms with Crippen molar-refractivity contribution in [1.29, 1.82) is 0 Å². The highest BCUT2D eigenvalue weighted by Crippen LogP contribution is 2.45. The fraction of sp³-hybridized carbons (Fsp3) is 0.643. The number of alkyl halides is 2. The highest BCUT2D eigenvalue weighted by atomic mass is 19.3. The van der Waals surface area contributed by atoms with Crippen LogP contribution >= 0.6 is 0 Å². The Bertz CT molecular complexity index is 630. The summed E-state index contributed by atoms with van der Waals surface area (Å²) in [5, 5.41) is 3.97. The highest BCUT2D eigenvalue weighted by Gasteiger charge is 2.57. The number of amides is 2.